The molecule has 1 unspecified atom stereocenters. The number of amides is 2. The third-order valence-corrected chi connectivity index (χ3v) is 3.37. The Labute approximate surface area is 132 Å². The number of urea groups is 1. The second-order valence-corrected chi connectivity index (χ2v) is 5.30. The molecule has 1 aliphatic heterocycles. The van der Waals surface area contributed by atoms with Crippen LogP contribution in [0.15, 0.2) is 24.3 Å². The molecule has 23 heavy (non-hydrogen) atoms. The zero-order valence-corrected chi connectivity index (χ0v) is 12.7. The van der Waals surface area contributed by atoms with Crippen molar-refractivity contribution in [3.05, 3.63) is 29.8 Å². The van der Waals surface area contributed by atoms with Crippen molar-refractivity contribution in [2.45, 2.75) is 32.4 Å². The maximum atomic E-state index is 12.4. The second-order valence-electron chi connectivity index (χ2n) is 5.30. The monoisotopic (exact) mass is 332 g/mol. The third-order valence-electron chi connectivity index (χ3n) is 3.37. The molecule has 1 saturated heterocycles. The second kappa shape index (κ2) is 7.54. The number of rotatable bonds is 3. The number of benzene rings is 1. The Morgan fingerprint density at radius 1 is 1.43 bits per heavy atom. The minimum atomic E-state index is -4.77. The first-order valence-electron chi connectivity index (χ1n) is 7.33. The average Bonchev–Trinajstić information content (AvgIpc) is 2.69. The van der Waals surface area contributed by atoms with E-state index in [0.717, 1.165) is 6.42 Å². The minimum absolute atomic E-state index is 0.0448. The van der Waals surface area contributed by atoms with Crippen LogP contribution < -0.4 is 10.1 Å². The zero-order valence-electron chi connectivity index (χ0n) is 12.7. The first-order valence-corrected chi connectivity index (χ1v) is 7.33. The van der Waals surface area contributed by atoms with E-state index in [1.165, 1.54) is 18.2 Å². The predicted molar refractivity (Wildman–Crippen MR) is 77.0 cm³/mol. The number of nitrogens with one attached hydrogen (secondary N) is 1. The molecule has 128 valence electrons. The van der Waals surface area contributed by atoms with Crippen molar-refractivity contribution in [1.29, 1.82) is 0 Å². The molecule has 8 heteroatoms. The van der Waals surface area contributed by atoms with Gasteiger partial charge in [0.1, 0.15) is 5.75 Å². The first kappa shape index (κ1) is 17.4. The summed E-state index contributed by atoms with van der Waals surface area (Å²) in [6.45, 7) is 3.42. The number of hydrogen-bond acceptors (Lipinski definition) is 3. The number of carbonyl (C=O) groups is 1. The van der Waals surface area contributed by atoms with Crippen LogP contribution in [-0.2, 0) is 11.3 Å². The summed E-state index contributed by atoms with van der Waals surface area (Å²) < 4.78 is 46.5. The lowest BCUT2D eigenvalue weighted by atomic mass is 10.2. The molecule has 1 N–H and O–H groups in total. The maximum absolute atomic E-state index is 12.4. The summed E-state index contributed by atoms with van der Waals surface area (Å²) in [7, 11) is 0. The third kappa shape index (κ3) is 5.63. The van der Waals surface area contributed by atoms with Crippen molar-refractivity contribution in [1.82, 2.24) is 10.2 Å². The SMILES string of the molecule is CC1CN(C(=O)NCc2ccccc2OC(F)(F)F)CCCO1. The lowest BCUT2D eigenvalue weighted by Crippen LogP contribution is -2.42. The van der Waals surface area contributed by atoms with E-state index < -0.39 is 6.36 Å². The van der Waals surface area contributed by atoms with Crippen molar-refractivity contribution in [2.75, 3.05) is 19.7 Å². The summed E-state index contributed by atoms with van der Waals surface area (Å²) in [5, 5.41) is 2.63. The van der Waals surface area contributed by atoms with Gasteiger partial charge in [0.15, 0.2) is 0 Å². The van der Waals surface area contributed by atoms with Crippen molar-refractivity contribution in [2.24, 2.45) is 0 Å². The first-order chi connectivity index (χ1) is 10.8. The number of nitrogens with zero attached hydrogens (tertiary/aromatic N) is 1. The molecule has 2 amide bonds. The van der Waals surface area contributed by atoms with Crippen LogP contribution in [0, 0.1) is 0 Å². The summed E-state index contributed by atoms with van der Waals surface area (Å²) in [6, 6.07) is 5.41. The Bertz CT molecular complexity index is 537. The fourth-order valence-electron chi connectivity index (χ4n) is 2.34. The van der Waals surface area contributed by atoms with Crippen molar-refractivity contribution >= 4 is 6.03 Å². The summed E-state index contributed by atoms with van der Waals surface area (Å²) in [6.07, 6.45) is -4.10. The number of halogens is 3. The van der Waals surface area contributed by atoms with Gasteiger partial charge in [-0.05, 0) is 19.4 Å². The van der Waals surface area contributed by atoms with Crippen molar-refractivity contribution in [3.63, 3.8) is 0 Å². The van der Waals surface area contributed by atoms with E-state index in [1.54, 1.807) is 11.0 Å². The Kier molecular flexibility index (Phi) is 5.70. The standard InChI is InChI=1S/C15H19F3N2O3/c1-11-10-20(7-4-8-22-11)14(21)19-9-12-5-2-3-6-13(12)23-15(16,17)18/h2-3,5-6,11H,4,7-10H2,1H3,(H,19,21). The molecular formula is C15H19F3N2O3. The summed E-state index contributed by atoms with van der Waals surface area (Å²) in [4.78, 5) is 13.8. The van der Waals surface area contributed by atoms with E-state index in [1.807, 2.05) is 6.92 Å². The number of ether oxygens (including phenoxy) is 2. The highest BCUT2D eigenvalue weighted by Crippen LogP contribution is 2.26. The molecule has 0 aromatic heterocycles. The van der Waals surface area contributed by atoms with Gasteiger partial charge in [0.05, 0.1) is 6.10 Å². The lowest BCUT2D eigenvalue weighted by Gasteiger charge is -2.23. The molecule has 0 aliphatic carbocycles. The summed E-state index contributed by atoms with van der Waals surface area (Å²) in [5.74, 6) is -0.312. The molecule has 0 bridgehead atoms. The molecule has 1 aromatic carbocycles. The number of carbonyl (C=O) groups excluding carboxylic acids is 1. The summed E-state index contributed by atoms with van der Waals surface area (Å²) in [5.41, 5.74) is 0.261. The van der Waals surface area contributed by atoms with Crippen LogP contribution in [-0.4, -0.2) is 43.1 Å². The molecule has 1 atom stereocenters. The Hall–Kier alpha value is -1.96. The van der Waals surface area contributed by atoms with Gasteiger partial charge in [-0.25, -0.2) is 4.79 Å². The van der Waals surface area contributed by atoms with E-state index in [0.29, 0.717) is 19.7 Å². The van der Waals surface area contributed by atoms with Crippen LogP contribution in [0.3, 0.4) is 0 Å². The predicted octanol–water partition coefficient (Wildman–Crippen LogP) is 2.91. The molecule has 0 spiro atoms. The van der Waals surface area contributed by atoms with Gasteiger partial charge in [0, 0.05) is 31.8 Å². The van der Waals surface area contributed by atoms with E-state index in [-0.39, 0.29) is 30.0 Å². The zero-order chi connectivity index (χ0) is 16.9. The highest BCUT2D eigenvalue weighted by Gasteiger charge is 2.32. The molecule has 1 aliphatic rings. The Balaban J connectivity index is 1.96. The van der Waals surface area contributed by atoms with Crippen molar-refractivity contribution < 1.29 is 27.4 Å². The minimum Gasteiger partial charge on any atom is -0.405 e. The molecule has 1 fully saturated rings. The van der Waals surface area contributed by atoms with Gasteiger partial charge < -0.3 is 19.7 Å². The fraction of sp³-hybridized carbons (Fsp3) is 0.533. The van der Waals surface area contributed by atoms with E-state index in [4.69, 9.17) is 4.74 Å². The molecule has 2 rings (SSSR count). The van der Waals surface area contributed by atoms with E-state index >= 15 is 0 Å². The molecule has 1 heterocycles. The van der Waals surface area contributed by atoms with Crippen molar-refractivity contribution in [3.8, 4) is 5.75 Å². The highest BCUT2D eigenvalue weighted by atomic mass is 19.4. The Morgan fingerprint density at radius 3 is 2.91 bits per heavy atom. The van der Waals surface area contributed by atoms with Crippen LogP contribution in [0.5, 0.6) is 5.75 Å². The largest absolute Gasteiger partial charge is 0.573 e. The van der Waals surface area contributed by atoms with Gasteiger partial charge in [-0.1, -0.05) is 18.2 Å². The number of alkyl halides is 3. The maximum Gasteiger partial charge on any atom is 0.573 e. The quantitative estimate of drug-likeness (QED) is 0.926. The molecule has 1 aromatic rings. The smallest absolute Gasteiger partial charge is 0.405 e. The average molecular weight is 332 g/mol. The van der Waals surface area contributed by atoms with Crippen LogP contribution in [0.1, 0.15) is 18.9 Å². The normalized spacial score (nSPS) is 19.1. The Morgan fingerprint density at radius 2 is 2.17 bits per heavy atom. The fourth-order valence-corrected chi connectivity index (χ4v) is 2.34. The molecule has 0 saturated carbocycles. The molecule has 5 nitrogen and oxygen atoms in total. The highest BCUT2D eigenvalue weighted by molar-refractivity contribution is 5.74. The lowest BCUT2D eigenvalue weighted by molar-refractivity contribution is -0.274. The molecule has 0 radical (unpaired) electrons. The van der Waals surface area contributed by atoms with E-state index in [2.05, 4.69) is 10.1 Å². The van der Waals surface area contributed by atoms with Gasteiger partial charge in [-0.3, -0.25) is 0 Å². The van der Waals surface area contributed by atoms with Crippen LogP contribution in [0.25, 0.3) is 0 Å². The van der Waals surface area contributed by atoms with Gasteiger partial charge in [-0.15, -0.1) is 13.2 Å². The number of hydrogen-bond donors (Lipinski definition) is 1. The molecular weight excluding hydrogens is 313 g/mol. The van der Waals surface area contributed by atoms with Gasteiger partial charge in [-0.2, -0.15) is 0 Å². The van der Waals surface area contributed by atoms with Gasteiger partial charge >= 0.3 is 12.4 Å². The number of para-hydroxylation sites is 1. The van der Waals surface area contributed by atoms with Gasteiger partial charge in [0.25, 0.3) is 0 Å². The summed E-state index contributed by atoms with van der Waals surface area (Å²) >= 11 is 0. The van der Waals surface area contributed by atoms with Crippen LogP contribution in [0.4, 0.5) is 18.0 Å². The topological polar surface area (TPSA) is 50.8 Å². The van der Waals surface area contributed by atoms with Gasteiger partial charge in [0.2, 0.25) is 0 Å². The van der Waals surface area contributed by atoms with Crippen LogP contribution in [0.2, 0.25) is 0 Å². The van der Waals surface area contributed by atoms with Crippen LogP contribution >= 0.6 is 0 Å². The van der Waals surface area contributed by atoms with E-state index in [9.17, 15) is 18.0 Å².